The predicted octanol–water partition coefficient (Wildman–Crippen LogP) is 7.26. The molecule has 2 aliphatic rings. The van der Waals surface area contributed by atoms with Crippen molar-refractivity contribution in [1.29, 1.82) is 0 Å². The molecule has 3 aromatic carbocycles. The van der Waals surface area contributed by atoms with Gasteiger partial charge in [0.15, 0.2) is 0 Å². The van der Waals surface area contributed by atoms with E-state index in [-0.39, 0.29) is 36.3 Å². The maximum atomic E-state index is 14.2. The first-order chi connectivity index (χ1) is 25.0. The number of carbonyl (C=O) groups is 2. The zero-order chi connectivity index (χ0) is 36.4. The summed E-state index contributed by atoms with van der Waals surface area (Å²) < 4.78 is 22.1. The number of rotatable bonds is 12. The summed E-state index contributed by atoms with van der Waals surface area (Å²) in [6, 6.07) is 19.9. The molecule has 12 heteroatoms. The molecular weight excluding hydrogens is 674 g/mol. The minimum Gasteiger partial charge on any atom is -0.360 e. The Kier molecular flexibility index (Phi) is 10.4. The normalized spacial score (nSPS) is 16.2. The van der Waals surface area contributed by atoms with Crippen molar-refractivity contribution in [2.24, 2.45) is 0 Å². The van der Waals surface area contributed by atoms with Gasteiger partial charge in [-0.2, -0.15) is 5.10 Å². The number of nitrogens with one attached hydrogen (secondary N) is 2. The molecule has 2 N–H and O–H groups in total. The molecule has 272 valence electrons. The molecule has 2 aliphatic heterocycles. The number of anilines is 1. The SMILES string of the molecule is Cc1cc(CC(NC(=O)CN2CCC(N3Cc4cccc(F)c4NC3=O)CC2)c2cc3ccccc3cn2)cc2cn(COCC[Si](C)(C)C)nc12. The van der Waals surface area contributed by atoms with E-state index in [1.807, 2.05) is 41.3 Å². The molecule has 0 bridgehead atoms. The van der Waals surface area contributed by atoms with Crippen LogP contribution < -0.4 is 10.6 Å². The summed E-state index contributed by atoms with van der Waals surface area (Å²) in [5.74, 6) is -0.483. The zero-order valence-corrected chi connectivity index (χ0v) is 31.5. The van der Waals surface area contributed by atoms with Gasteiger partial charge in [0, 0.05) is 63.5 Å². The van der Waals surface area contributed by atoms with Gasteiger partial charge in [-0.3, -0.25) is 14.7 Å². The third kappa shape index (κ3) is 8.35. The van der Waals surface area contributed by atoms with Crippen LogP contribution in [0.1, 0.15) is 41.3 Å². The molecule has 7 rings (SSSR count). The Labute approximate surface area is 305 Å². The number of nitrogens with zero attached hydrogens (tertiary/aromatic N) is 5. The summed E-state index contributed by atoms with van der Waals surface area (Å²) in [5.41, 5.74) is 4.97. The highest BCUT2D eigenvalue weighted by molar-refractivity contribution is 6.76. The van der Waals surface area contributed by atoms with E-state index in [0.29, 0.717) is 32.8 Å². The number of para-hydroxylation sites is 1. The minimum atomic E-state index is -1.17. The lowest BCUT2D eigenvalue weighted by Crippen LogP contribution is -2.51. The molecule has 0 saturated carbocycles. The van der Waals surface area contributed by atoms with Gasteiger partial charge in [-0.15, -0.1) is 0 Å². The summed E-state index contributed by atoms with van der Waals surface area (Å²) in [6.07, 6.45) is 5.95. The van der Waals surface area contributed by atoms with E-state index in [1.165, 1.54) is 6.07 Å². The smallest absolute Gasteiger partial charge is 0.322 e. The van der Waals surface area contributed by atoms with Crippen molar-refractivity contribution in [3.8, 4) is 0 Å². The quantitative estimate of drug-likeness (QED) is 0.104. The van der Waals surface area contributed by atoms with Crippen molar-refractivity contribution in [1.82, 2.24) is 29.9 Å². The van der Waals surface area contributed by atoms with Crippen molar-refractivity contribution in [3.05, 3.63) is 101 Å². The Bertz CT molecular complexity index is 2090. The Hall–Kier alpha value is -4.65. The fourth-order valence-corrected chi connectivity index (χ4v) is 8.07. The fraction of sp³-hybridized carbons (Fsp3) is 0.400. The summed E-state index contributed by atoms with van der Waals surface area (Å²) >= 11 is 0. The molecule has 1 saturated heterocycles. The van der Waals surface area contributed by atoms with Crippen molar-refractivity contribution in [2.75, 3.05) is 31.6 Å². The number of likely N-dealkylation sites (tertiary alicyclic amines) is 1. The van der Waals surface area contributed by atoms with Crippen LogP contribution in [0.5, 0.6) is 0 Å². The number of halogens is 1. The highest BCUT2D eigenvalue weighted by atomic mass is 28.3. The van der Waals surface area contributed by atoms with Gasteiger partial charge in [0.25, 0.3) is 0 Å². The molecule has 4 heterocycles. The lowest BCUT2D eigenvalue weighted by molar-refractivity contribution is -0.123. The molecule has 0 aliphatic carbocycles. The number of ether oxygens (including phenoxy) is 1. The average Bonchev–Trinajstić information content (AvgIpc) is 3.53. The first-order valence-electron chi connectivity index (χ1n) is 18.2. The number of aromatic nitrogens is 3. The standard InChI is InChI=1S/C40H48FN7O3Si/c1-27-18-28(19-32-23-47(45-38(27)32)26-51-16-17-52(2,3)4)20-36(35-21-29-8-5-6-9-30(29)22-42-35)43-37(49)25-46-14-12-33(13-15-46)48-24-31-10-7-11-34(41)39(31)44-40(48)50/h5-11,18-19,21-23,33,36H,12-17,20,24-26H2,1-4H3,(H,43,49)(H,44,50). The second-order valence-electron chi connectivity index (χ2n) is 15.5. The average molecular weight is 722 g/mol. The van der Waals surface area contributed by atoms with Gasteiger partial charge in [0.05, 0.1) is 29.5 Å². The summed E-state index contributed by atoms with van der Waals surface area (Å²) in [6.45, 7) is 12.3. The number of amides is 3. The van der Waals surface area contributed by atoms with Crippen molar-refractivity contribution in [3.63, 3.8) is 0 Å². The maximum Gasteiger partial charge on any atom is 0.322 e. The summed E-state index contributed by atoms with van der Waals surface area (Å²) in [7, 11) is -1.17. The van der Waals surface area contributed by atoms with Crippen LogP contribution in [0.2, 0.25) is 25.7 Å². The molecule has 1 fully saturated rings. The molecule has 1 atom stereocenters. The topological polar surface area (TPSA) is 105 Å². The van der Waals surface area contributed by atoms with E-state index in [0.717, 1.165) is 69.6 Å². The van der Waals surface area contributed by atoms with Gasteiger partial charge < -0.3 is 20.3 Å². The molecule has 52 heavy (non-hydrogen) atoms. The molecule has 2 aromatic heterocycles. The third-order valence-electron chi connectivity index (χ3n) is 10.2. The number of hydrogen-bond donors (Lipinski definition) is 2. The Morgan fingerprint density at radius 1 is 1.06 bits per heavy atom. The molecule has 5 aromatic rings. The van der Waals surface area contributed by atoms with Crippen LogP contribution in [0.25, 0.3) is 21.7 Å². The largest absolute Gasteiger partial charge is 0.360 e. The van der Waals surface area contributed by atoms with Crippen LogP contribution in [0.15, 0.2) is 73.1 Å². The number of pyridine rings is 1. The van der Waals surface area contributed by atoms with E-state index in [9.17, 15) is 14.0 Å². The summed E-state index contributed by atoms with van der Waals surface area (Å²) in [5, 5.41) is 14.0. The number of carbonyl (C=O) groups excluding carboxylic acids is 2. The van der Waals surface area contributed by atoms with Gasteiger partial charge in [0.1, 0.15) is 12.5 Å². The summed E-state index contributed by atoms with van der Waals surface area (Å²) in [4.78, 5) is 35.4. The second kappa shape index (κ2) is 15.1. The molecule has 3 amide bonds. The Morgan fingerprint density at radius 2 is 1.85 bits per heavy atom. The Morgan fingerprint density at radius 3 is 2.63 bits per heavy atom. The van der Waals surface area contributed by atoms with Crippen molar-refractivity contribution < 1.29 is 18.7 Å². The molecule has 10 nitrogen and oxygen atoms in total. The van der Waals surface area contributed by atoms with Crippen molar-refractivity contribution in [2.45, 2.75) is 77.2 Å². The van der Waals surface area contributed by atoms with Crippen LogP contribution >= 0.6 is 0 Å². The number of urea groups is 1. The van der Waals surface area contributed by atoms with Gasteiger partial charge in [-0.25, -0.2) is 13.9 Å². The monoisotopic (exact) mass is 721 g/mol. The van der Waals surface area contributed by atoms with Gasteiger partial charge in [0.2, 0.25) is 5.91 Å². The number of piperidine rings is 1. The van der Waals surface area contributed by atoms with Crippen LogP contribution in [0.4, 0.5) is 14.9 Å². The highest BCUT2D eigenvalue weighted by Gasteiger charge is 2.33. The lowest BCUT2D eigenvalue weighted by Gasteiger charge is -2.40. The lowest BCUT2D eigenvalue weighted by atomic mass is 9.98. The second-order valence-corrected chi connectivity index (χ2v) is 21.1. The van der Waals surface area contributed by atoms with Crippen LogP contribution in [-0.2, 0) is 29.2 Å². The fourth-order valence-electron chi connectivity index (χ4n) is 7.32. The predicted molar refractivity (Wildman–Crippen MR) is 205 cm³/mol. The highest BCUT2D eigenvalue weighted by Crippen LogP contribution is 2.30. The minimum absolute atomic E-state index is 0.0181. The number of benzene rings is 3. The van der Waals surface area contributed by atoms with Crippen LogP contribution in [-0.4, -0.2) is 76.9 Å². The van der Waals surface area contributed by atoms with Gasteiger partial charge in [-0.05, 0) is 72.5 Å². The van der Waals surface area contributed by atoms with Crippen LogP contribution in [0, 0.1) is 12.7 Å². The van der Waals surface area contributed by atoms with E-state index >= 15 is 0 Å². The van der Waals surface area contributed by atoms with E-state index < -0.39 is 13.9 Å². The third-order valence-corrected chi connectivity index (χ3v) is 11.9. The van der Waals surface area contributed by atoms with Gasteiger partial charge in [-0.1, -0.05) is 62.1 Å². The molecule has 0 spiro atoms. The Balaban J connectivity index is 1.02. The number of fused-ring (bicyclic) bond motifs is 3. The number of hydrogen-bond acceptors (Lipinski definition) is 6. The van der Waals surface area contributed by atoms with Crippen LogP contribution in [0.3, 0.4) is 0 Å². The van der Waals surface area contributed by atoms with Gasteiger partial charge >= 0.3 is 6.03 Å². The first-order valence-corrected chi connectivity index (χ1v) is 22.0. The molecule has 1 unspecified atom stereocenters. The number of aryl methyl sites for hydroxylation is 1. The van der Waals surface area contributed by atoms with E-state index in [2.05, 4.69) is 66.4 Å². The maximum absolute atomic E-state index is 14.2. The van der Waals surface area contributed by atoms with Crippen molar-refractivity contribution >= 4 is 47.4 Å². The van der Waals surface area contributed by atoms with E-state index in [1.54, 1.807) is 11.0 Å². The zero-order valence-electron chi connectivity index (χ0n) is 30.5. The molecular formula is C40H48FN7O3Si. The van der Waals surface area contributed by atoms with E-state index in [4.69, 9.17) is 14.8 Å². The first kappa shape index (κ1) is 35.7. The molecule has 0 radical (unpaired) electrons.